The van der Waals surface area contributed by atoms with Crippen molar-refractivity contribution in [2.24, 2.45) is 7.05 Å². The molecular weight excluding hydrogens is 214 g/mol. The molecule has 0 amide bonds. The van der Waals surface area contributed by atoms with E-state index in [-0.39, 0.29) is 6.10 Å². The van der Waals surface area contributed by atoms with Gasteiger partial charge in [0.2, 0.25) is 0 Å². The van der Waals surface area contributed by atoms with Gasteiger partial charge in [-0.3, -0.25) is 4.98 Å². The maximum absolute atomic E-state index is 9.94. The van der Waals surface area contributed by atoms with Crippen LogP contribution in [0, 0.1) is 0 Å². The van der Waals surface area contributed by atoms with E-state index in [4.69, 9.17) is 0 Å². The molecule has 1 unspecified atom stereocenters. The Balaban J connectivity index is 1.82. The third-order valence-electron chi connectivity index (χ3n) is 2.85. The number of pyridine rings is 1. The number of aryl methyl sites for hydroxylation is 2. The molecule has 4 heteroatoms. The minimum absolute atomic E-state index is 0.343. The maximum Gasteiger partial charge on any atom is 0.110 e. The molecule has 0 aliphatic rings. The number of aliphatic hydroxyl groups is 1. The van der Waals surface area contributed by atoms with Gasteiger partial charge >= 0.3 is 0 Å². The molecule has 0 aromatic carbocycles. The van der Waals surface area contributed by atoms with Gasteiger partial charge in [0, 0.05) is 38.3 Å². The second-order valence-corrected chi connectivity index (χ2v) is 4.21. The first kappa shape index (κ1) is 11.8. The predicted octanol–water partition coefficient (Wildman–Crippen LogP) is 1.35. The van der Waals surface area contributed by atoms with Gasteiger partial charge in [-0.25, -0.2) is 4.98 Å². The SMILES string of the molecule is Cn1ccnc1CC(O)CCc1ccncc1. The number of nitrogens with zero attached hydrogens (tertiary/aromatic N) is 3. The van der Waals surface area contributed by atoms with Crippen molar-refractivity contribution in [3.8, 4) is 0 Å². The number of aliphatic hydroxyl groups excluding tert-OH is 1. The van der Waals surface area contributed by atoms with Crippen LogP contribution in [0.25, 0.3) is 0 Å². The molecule has 4 nitrogen and oxygen atoms in total. The van der Waals surface area contributed by atoms with Crippen LogP contribution < -0.4 is 0 Å². The van der Waals surface area contributed by atoms with Crippen LogP contribution in [0.5, 0.6) is 0 Å². The highest BCUT2D eigenvalue weighted by molar-refractivity contribution is 5.09. The average molecular weight is 231 g/mol. The van der Waals surface area contributed by atoms with Crippen LogP contribution in [-0.2, 0) is 19.9 Å². The quantitative estimate of drug-likeness (QED) is 0.845. The number of imidazole rings is 1. The maximum atomic E-state index is 9.94. The van der Waals surface area contributed by atoms with Crippen LogP contribution >= 0.6 is 0 Å². The van der Waals surface area contributed by atoms with Crippen molar-refractivity contribution in [2.45, 2.75) is 25.4 Å². The molecule has 0 fully saturated rings. The lowest BCUT2D eigenvalue weighted by molar-refractivity contribution is 0.162. The van der Waals surface area contributed by atoms with Crippen molar-refractivity contribution in [1.82, 2.24) is 14.5 Å². The Hall–Kier alpha value is -1.68. The molecule has 2 rings (SSSR count). The highest BCUT2D eigenvalue weighted by atomic mass is 16.3. The highest BCUT2D eigenvalue weighted by Gasteiger charge is 2.09. The summed E-state index contributed by atoms with van der Waals surface area (Å²) in [6.07, 6.45) is 9.08. The van der Waals surface area contributed by atoms with Crippen LogP contribution in [0.1, 0.15) is 17.8 Å². The number of hydrogen-bond acceptors (Lipinski definition) is 3. The smallest absolute Gasteiger partial charge is 0.110 e. The van der Waals surface area contributed by atoms with E-state index in [0.717, 1.165) is 18.7 Å². The molecular formula is C13H17N3O. The van der Waals surface area contributed by atoms with Crippen LogP contribution in [-0.4, -0.2) is 25.7 Å². The summed E-state index contributed by atoms with van der Waals surface area (Å²) in [6.45, 7) is 0. The first-order chi connectivity index (χ1) is 8.25. The van der Waals surface area contributed by atoms with Crippen molar-refractivity contribution in [3.63, 3.8) is 0 Å². The molecule has 0 spiro atoms. The lowest BCUT2D eigenvalue weighted by Gasteiger charge is -2.10. The Morgan fingerprint density at radius 2 is 2.06 bits per heavy atom. The number of hydrogen-bond donors (Lipinski definition) is 1. The Morgan fingerprint density at radius 1 is 1.29 bits per heavy atom. The summed E-state index contributed by atoms with van der Waals surface area (Å²) in [5.74, 6) is 0.923. The topological polar surface area (TPSA) is 50.9 Å². The first-order valence-electron chi connectivity index (χ1n) is 5.79. The fourth-order valence-corrected chi connectivity index (χ4v) is 1.79. The largest absolute Gasteiger partial charge is 0.393 e. The third kappa shape index (κ3) is 3.39. The second-order valence-electron chi connectivity index (χ2n) is 4.21. The van der Waals surface area contributed by atoms with Gasteiger partial charge < -0.3 is 9.67 Å². The zero-order chi connectivity index (χ0) is 12.1. The lowest BCUT2D eigenvalue weighted by atomic mass is 10.1. The molecule has 1 atom stereocenters. The van der Waals surface area contributed by atoms with Gasteiger partial charge in [0.05, 0.1) is 6.10 Å². The summed E-state index contributed by atoms with van der Waals surface area (Å²) in [4.78, 5) is 8.17. The molecule has 2 aromatic heterocycles. The van der Waals surface area contributed by atoms with E-state index in [0.29, 0.717) is 6.42 Å². The second kappa shape index (κ2) is 5.59. The molecule has 17 heavy (non-hydrogen) atoms. The highest BCUT2D eigenvalue weighted by Crippen LogP contribution is 2.08. The van der Waals surface area contributed by atoms with E-state index in [1.807, 2.05) is 29.9 Å². The molecule has 1 N–H and O–H groups in total. The van der Waals surface area contributed by atoms with Crippen LogP contribution in [0.2, 0.25) is 0 Å². The summed E-state index contributed by atoms with van der Waals surface area (Å²) in [5.41, 5.74) is 1.21. The van der Waals surface area contributed by atoms with Gasteiger partial charge in [0.1, 0.15) is 5.82 Å². The van der Waals surface area contributed by atoms with E-state index in [1.54, 1.807) is 18.6 Å². The summed E-state index contributed by atoms with van der Waals surface area (Å²) in [7, 11) is 1.94. The predicted molar refractivity (Wildman–Crippen MR) is 65.5 cm³/mol. The molecule has 0 radical (unpaired) electrons. The summed E-state index contributed by atoms with van der Waals surface area (Å²) >= 11 is 0. The molecule has 90 valence electrons. The summed E-state index contributed by atoms with van der Waals surface area (Å²) in [5, 5.41) is 9.94. The molecule has 0 aliphatic carbocycles. The molecule has 0 saturated carbocycles. The fourth-order valence-electron chi connectivity index (χ4n) is 1.79. The fraction of sp³-hybridized carbons (Fsp3) is 0.385. The Morgan fingerprint density at radius 3 is 2.71 bits per heavy atom. The van der Waals surface area contributed by atoms with Gasteiger partial charge in [0.15, 0.2) is 0 Å². The van der Waals surface area contributed by atoms with Crippen molar-refractivity contribution in [1.29, 1.82) is 0 Å². The first-order valence-corrected chi connectivity index (χ1v) is 5.79. The zero-order valence-electron chi connectivity index (χ0n) is 9.95. The molecule has 0 aliphatic heterocycles. The van der Waals surface area contributed by atoms with Crippen molar-refractivity contribution >= 4 is 0 Å². The van der Waals surface area contributed by atoms with Crippen molar-refractivity contribution < 1.29 is 5.11 Å². The van der Waals surface area contributed by atoms with Crippen LogP contribution in [0.3, 0.4) is 0 Å². The average Bonchev–Trinajstić information content (AvgIpc) is 2.74. The summed E-state index contributed by atoms with van der Waals surface area (Å²) < 4.78 is 1.94. The Kier molecular flexibility index (Phi) is 3.88. The van der Waals surface area contributed by atoms with E-state index < -0.39 is 0 Å². The standard InChI is InChI=1S/C13H17N3O/c1-16-9-8-15-13(16)10-12(17)3-2-11-4-6-14-7-5-11/h4-9,12,17H,2-3,10H2,1H3. The van der Waals surface area contributed by atoms with E-state index in [2.05, 4.69) is 9.97 Å². The summed E-state index contributed by atoms with van der Waals surface area (Å²) in [6, 6.07) is 3.96. The van der Waals surface area contributed by atoms with E-state index in [9.17, 15) is 5.11 Å². The third-order valence-corrected chi connectivity index (χ3v) is 2.85. The van der Waals surface area contributed by atoms with Gasteiger partial charge in [-0.05, 0) is 30.5 Å². The lowest BCUT2D eigenvalue weighted by Crippen LogP contribution is -2.14. The van der Waals surface area contributed by atoms with Crippen LogP contribution in [0.4, 0.5) is 0 Å². The Labute approximate surface area is 101 Å². The Bertz CT molecular complexity index is 453. The number of rotatable bonds is 5. The molecule has 0 saturated heterocycles. The van der Waals surface area contributed by atoms with Gasteiger partial charge in [-0.2, -0.15) is 0 Å². The van der Waals surface area contributed by atoms with Crippen LogP contribution in [0.15, 0.2) is 36.9 Å². The normalized spacial score (nSPS) is 12.6. The van der Waals surface area contributed by atoms with Gasteiger partial charge in [0.25, 0.3) is 0 Å². The van der Waals surface area contributed by atoms with Gasteiger partial charge in [-0.15, -0.1) is 0 Å². The molecule has 0 bridgehead atoms. The molecule has 2 aromatic rings. The number of aromatic nitrogens is 3. The minimum atomic E-state index is -0.343. The monoisotopic (exact) mass is 231 g/mol. The zero-order valence-corrected chi connectivity index (χ0v) is 9.95. The van der Waals surface area contributed by atoms with Crippen molar-refractivity contribution in [2.75, 3.05) is 0 Å². The minimum Gasteiger partial charge on any atom is -0.393 e. The molecule has 2 heterocycles. The van der Waals surface area contributed by atoms with E-state index >= 15 is 0 Å². The van der Waals surface area contributed by atoms with Gasteiger partial charge in [-0.1, -0.05) is 0 Å². The van der Waals surface area contributed by atoms with Crippen molar-refractivity contribution in [3.05, 3.63) is 48.3 Å². The van der Waals surface area contributed by atoms with E-state index in [1.165, 1.54) is 5.56 Å².